The molecule has 4 heteroatoms. The van der Waals surface area contributed by atoms with E-state index in [1.807, 2.05) is 20.8 Å². The van der Waals surface area contributed by atoms with Crippen LogP contribution in [0.3, 0.4) is 0 Å². The lowest BCUT2D eigenvalue weighted by atomic mass is 9.76. The van der Waals surface area contributed by atoms with E-state index < -0.39 is 0 Å². The molecule has 120 valence electrons. The van der Waals surface area contributed by atoms with Gasteiger partial charge in [-0.1, -0.05) is 13.8 Å². The molecule has 3 fully saturated rings. The van der Waals surface area contributed by atoms with Crippen LogP contribution in [0.2, 0.25) is 0 Å². The van der Waals surface area contributed by atoms with E-state index in [0.717, 1.165) is 24.9 Å². The van der Waals surface area contributed by atoms with Crippen molar-refractivity contribution in [3.05, 3.63) is 0 Å². The summed E-state index contributed by atoms with van der Waals surface area (Å²) in [6.07, 6.45) is 3.38. The van der Waals surface area contributed by atoms with Crippen molar-refractivity contribution in [3.8, 4) is 0 Å². The first kappa shape index (κ1) is 16.3. The van der Waals surface area contributed by atoms with Crippen molar-refractivity contribution in [2.24, 2.45) is 35.0 Å². The number of hydrogen-bond acceptors (Lipinski definition) is 4. The average molecular weight is 296 g/mol. The zero-order valence-corrected chi connectivity index (χ0v) is 13.8. The summed E-state index contributed by atoms with van der Waals surface area (Å²) in [5.41, 5.74) is -0.311. The third kappa shape index (κ3) is 2.95. The molecule has 4 nitrogen and oxygen atoms in total. The Morgan fingerprint density at radius 3 is 2.52 bits per heavy atom. The van der Waals surface area contributed by atoms with Crippen molar-refractivity contribution in [2.45, 2.75) is 47.0 Å². The molecule has 2 aliphatic carbocycles. The van der Waals surface area contributed by atoms with E-state index in [2.05, 4.69) is 11.7 Å². The second kappa shape index (κ2) is 5.98. The zero-order valence-electron chi connectivity index (χ0n) is 13.8. The molecule has 5 atom stereocenters. The summed E-state index contributed by atoms with van der Waals surface area (Å²) in [7, 11) is 1.42. The first-order chi connectivity index (χ1) is 9.81. The quantitative estimate of drug-likeness (QED) is 0.735. The Morgan fingerprint density at radius 2 is 2.00 bits per heavy atom. The standard InChI is InChI=1S/C10H14O2.C7H14O2/c1-5-2-6-3-7(5)8-4-12-10(11)9(6)8;1-5-7(2,3)6(8)9-4/h5-9H,2-4H2,1H3;5H2,1-4H3. The van der Waals surface area contributed by atoms with Gasteiger partial charge in [-0.3, -0.25) is 9.59 Å². The Labute approximate surface area is 127 Å². The van der Waals surface area contributed by atoms with Gasteiger partial charge in [0.15, 0.2) is 0 Å². The normalized spacial score (nSPS) is 36.6. The molecule has 21 heavy (non-hydrogen) atoms. The van der Waals surface area contributed by atoms with Gasteiger partial charge in [-0.15, -0.1) is 0 Å². The lowest BCUT2D eigenvalue weighted by molar-refractivity contribution is -0.150. The van der Waals surface area contributed by atoms with Crippen molar-refractivity contribution in [1.82, 2.24) is 0 Å². The number of esters is 2. The van der Waals surface area contributed by atoms with E-state index in [1.54, 1.807) is 0 Å². The molecule has 0 aromatic carbocycles. The van der Waals surface area contributed by atoms with Gasteiger partial charge in [0.2, 0.25) is 0 Å². The van der Waals surface area contributed by atoms with Gasteiger partial charge in [-0.05, 0) is 50.9 Å². The van der Waals surface area contributed by atoms with E-state index >= 15 is 0 Å². The van der Waals surface area contributed by atoms with Crippen LogP contribution in [0.4, 0.5) is 0 Å². The molecule has 5 unspecified atom stereocenters. The second-order valence-electron chi connectivity index (χ2n) is 7.42. The second-order valence-corrected chi connectivity index (χ2v) is 7.42. The maximum absolute atomic E-state index is 11.3. The fraction of sp³-hybridized carbons (Fsp3) is 0.882. The minimum atomic E-state index is -0.311. The molecule has 0 aromatic heterocycles. The van der Waals surface area contributed by atoms with Gasteiger partial charge in [-0.2, -0.15) is 0 Å². The summed E-state index contributed by atoms with van der Waals surface area (Å²) in [6.45, 7) is 8.76. The fourth-order valence-electron chi connectivity index (χ4n) is 4.13. The molecule has 2 saturated carbocycles. The fourth-order valence-corrected chi connectivity index (χ4v) is 4.13. The molecule has 1 saturated heterocycles. The van der Waals surface area contributed by atoms with Crippen LogP contribution in [0.25, 0.3) is 0 Å². The highest BCUT2D eigenvalue weighted by atomic mass is 16.5. The molecule has 3 rings (SSSR count). The van der Waals surface area contributed by atoms with E-state index in [4.69, 9.17) is 4.74 Å². The van der Waals surface area contributed by atoms with Gasteiger partial charge in [0.25, 0.3) is 0 Å². The van der Waals surface area contributed by atoms with Crippen LogP contribution in [0.1, 0.15) is 47.0 Å². The van der Waals surface area contributed by atoms with Crippen molar-refractivity contribution < 1.29 is 19.1 Å². The number of hydrogen-bond donors (Lipinski definition) is 0. The molecule has 0 aromatic rings. The summed E-state index contributed by atoms with van der Waals surface area (Å²) in [5.74, 6) is 3.16. The van der Waals surface area contributed by atoms with Crippen molar-refractivity contribution in [3.63, 3.8) is 0 Å². The van der Waals surface area contributed by atoms with Gasteiger partial charge >= 0.3 is 11.9 Å². The smallest absolute Gasteiger partial charge is 0.311 e. The molecule has 3 aliphatic rings. The number of cyclic esters (lactones) is 1. The Morgan fingerprint density at radius 1 is 1.33 bits per heavy atom. The van der Waals surface area contributed by atoms with E-state index in [0.29, 0.717) is 17.8 Å². The summed E-state index contributed by atoms with van der Waals surface area (Å²) in [6, 6.07) is 0. The number of carbonyl (C=O) groups is 2. The maximum Gasteiger partial charge on any atom is 0.311 e. The van der Waals surface area contributed by atoms with Crippen LogP contribution in [-0.2, 0) is 19.1 Å². The molecule has 1 heterocycles. The highest BCUT2D eigenvalue weighted by Crippen LogP contribution is 2.57. The molecular formula is C17H28O4. The Bertz CT molecular complexity index is 415. The highest BCUT2D eigenvalue weighted by Gasteiger charge is 2.57. The predicted octanol–water partition coefficient (Wildman–Crippen LogP) is 3.05. The predicted molar refractivity (Wildman–Crippen MR) is 79.4 cm³/mol. The van der Waals surface area contributed by atoms with Crippen LogP contribution < -0.4 is 0 Å². The van der Waals surface area contributed by atoms with Gasteiger partial charge in [0, 0.05) is 5.92 Å². The maximum atomic E-state index is 11.3. The first-order valence-electron chi connectivity index (χ1n) is 8.06. The molecule has 0 N–H and O–H groups in total. The average Bonchev–Trinajstić information content (AvgIpc) is 3.11. The van der Waals surface area contributed by atoms with Gasteiger partial charge < -0.3 is 9.47 Å². The molecule has 0 amide bonds. The van der Waals surface area contributed by atoms with Crippen LogP contribution >= 0.6 is 0 Å². The number of ether oxygens (including phenoxy) is 2. The van der Waals surface area contributed by atoms with Crippen LogP contribution in [0.15, 0.2) is 0 Å². The third-order valence-corrected chi connectivity index (χ3v) is 5.81. The zero-order chi connectivity index (χ0) is 15.8. The van der Waals surface area contributed by atoms with Gasteiger partial charge in [0.1, 0.15) is 0 Å². The van der Waals surface area contributed by atoms with Crippen LogP contribution in [-0.4, -0.2) is 25.7 Å². The number of rotatable bonds is 2. The Hall–Kier alpha value is -1.06. The molecule has 0 spiro atoms. The van der Waals surface area contributed by atoms with Crippen molar-refractivity contribution in [1.29, 1.82) is 0 Å². The Kier molecular flexibility index (Phi) is 4.64. The van der Waals surface area contributed by atoms with E-state index in [-0.39, 0.29) is 17.4 Å². The number of methoxy groups -OCH3 is 1. The minimum absolute atomic E-state index is 0.0967. The molecular weight excluding hydrogens is 268 g/mol. The highest BCUT2D eigenvalue weighted by molar-refractivity contribution is 5.76. The summed E-state index contributed by atoms with van der Waals surface area (Å²) in [4.78, 5) is 22.2. The summed E-state index contributed by atoms with van der Waals surface area (Å²) in [5, 5.41) is 0. The molecule has 0 radical (unpaired) electrons. The minimum Gasteiger partial charge on any atom is -0.469 e. The topological polar surface area (TPSA) is 52.6 Å². The lowest BCUT2D eigenvalue weighted by Crippen LogP contribution is -2.27. The van der Waals surface area contributed by atoms with Crippen LogP contribution in [0.5, 0.6) is 0 Å². The van der Waals surface area contributed by atoms with E-state index in [1.165, 1.54) is 20.0 Å². The van der Waals surface area contributed by atoms with Crippen LogP contribution in [0, 0.1) is 35.0 Å². The largest absolute Gasteiger partial charge is 0.469 e. The lowest BCUT2D eigenvalue weighted by Gasteiger charge is -2.25. The van der Waals surface area contributed by atoms with Crippen molar-refractivity contribution >= 4 is 11.9 Å². The first-order valence-corrected chi connectivity index (χ1v) is 8.06. The third-order valence-electron chi connectivity index (χ3n) is 5.81. The van der Waals surface area contributed by atoms with Gasteiger partial charge in [-0.25, -0.2) is 0 Å². The Balaban J connectivity index is 0.000000163. The van der Waals surface area contributed by atoms with E-state index in [9.17, 15) is 9.59 Å². The van der Waals surface area contributed by atoms with Crippen molar-refractivity contribution in [2.75, 3.05) is 13.7 Å². The number of fused-ring (bicyclic) bond motifs is 5. The van der Waals surface area contributed by atoms with Gasteiger partial charge in [0.05, 0.1) is 25.0 Å². The summed E-state index contributed by atoms with van der Waals surface area (Å²) >= 11 is 0. The summed E-state index contributed by atoms with van der Waals surface area (Å²) < 4.78 is 9.68. The molecule has 1 aliphatic heterocycles. The number of carbonyl (C=O) groups excluding carboxylic acids is 2. The monoisotopic (exact) mass is 296 g/mol. The molecule has 2 bridgehead atoms. The SMILES string of the molecule is CC1CC2CC1C1COC(=O)C21.CCC(C)(C)C(=O)OC.